The van der Waals surface area contributed by atoms with E-state index in [9.17, 15) is 14.4 Å². The lowest BCUT2D eigenvalue weighted by Crippen LogP contribution is -2.49. The highest BCUT2D eigenvalue weighted by Crippen LogP contribution is 2.30. The van der Waals surface area contributed by atoms with E-state index < -0.39 is 36.3 Å². The van der Waals surface area contributed by atoms with Gasteiger partial charge in [-0.25, -0.2) is 0 Å². The van der Waals surface area contributed by atoms with Crippen molar-refractivity contribution in [1.82, 2.24) is 10.2 Å². The van der Waals surface area contributed by atoms with Crippen LogP contribution in [0.25, 0.3) is 0 Å². The third-order valence-electron chi connectivity index (χ3n) is 3.52. The average Bonchev–Trinajstić information content (AvgIpc) is 2.85. The molecule has 0 spiro atoms. The summed E-state index contributed by atoms with van der Waals surface area (Å²) < 4.78 is 11.0. The van der Waals surface area contributed by atoms with E-state index in [0.29, 0.717) is 6.54 Å². The lowest BCUT2D eigenvalue weighted by Gasteiger charge is -2.26. The first-order chi connectivity index (χ1) is 10.8. The molecule has 8 nitrogen and oxygen atoms in total. The Bertz CT molecular complexity index is 451. The second kappa shape index (κ2) is 8.37. The molecule has 2 unspecified atom stereocenters. The number of unbranched alkanes of at least 4 members (excludes halogenated alkanes) is 1. The lowest BCUT2D eigenvalue weighted by molar-refractivity contribution is -0.163. The van der Waals surface area contributed by atoms with Crippen LogP contribution in [0.4, 0.5) is 0 Å². The molecule has 1 heterocycles. The SMILES string of the molecule is CCCCN(CC(=O)NC)C(=O)C1OC(C)(C)OC1C(=O)CO. The number of ether oxygens (including phenoxy) is 2. The van der Waals surface area contributed by atoms with E-state index >= 15 is 0 Å². The van der Waals surface area contributed by atoms with Gasteiger partial charge in [-0.1, -0.05) is 13.3 Å². The summed E-state index contributed by atoms with van der Waals surface area (Å²) in [6.45, 7) is 4.68. The topological polar surface area (TPSA) is 105 Å². The first-order valence-electron chi connectivity index (χ1n) is 7.74. The fourth-order valence-corrected chi connectivity index (χ4v) is 2.32. The van der Waals surface area contributed by atoms with Crippen molar-refractivity contribution in [1.29, 1.82) is 0 Å². The van der Waals surface area contributed by atoms with Gasteiger partial charge in [0.15, 0.2) is 23.8 Å². The number of likely N-dealkylation sites (N-methyl/N-ethyl adjacent to an activating group) is 1. The normalized spacial score (nSPS) is 22.7. The van der Waals surface area contributed by atoms with Crippen LogP contribution in [-0.4, -0.2) is 72.3 Å². The van der Waals surface area contributed by atoms with Crippen LogP contribution in [0.5, 0.6) is 0 Å². The molecule has 132 valence electrons. The second-order valence-electron chi connectivity index (χ2n) is 5.89. The van der Waals surface area contributed by atoms with Crippen LogP contribution in [0.3, 0.4) is 0 Å². The largest absolute Gasteiger partial charge is 0.388 e. The van der Waals surface area contributed by atoms with E-state index in [4.69, 9.17) is 14.6 Å². The van der Waals surface area contributed by atoms with Crippen molar-refractivity contribution in [3.8, 4) is 0 Å². The second-order valence-corrected chi connectivity index (χ2v) is 5.89. The minimum Gasteiger partial charge on any atom is -0.388 e. The van der Waals surface area contributed by atoms with Gasteiger partial charge in [0, 0.05) is 13.6 Å². The summed E-state index contributed by atoms with van der Waals surface area (Å²) in [7, 11) is 1.49. The Hall–Kier alpha value is -1.51. The summed E-state index contributed by atoms with van der Waals surface area (Å²) >= 11 is 0. The zero-order chi connectivity index (χ0) is 17.6. The molecule has 1 aliphatic rings. The maximum absolute atomic E-state index is 12.7. The highest BCUT2D eigenvalue weighted by atomic mass is 16.8. The molecule has 0 bridgehead atoms. The Morgan fingerprint density at radius 1 is 1.22 bits per heavy atom. The standard InChI is InChI=1S/C15H26N2O6/c1-5-6-7-17(8-11(20)16-4)14(21)13-12(10(19)9-18)22-15(2,3)23-13/h12-13,18H,5-9H2,1-4H3,(H,16,20). The van der Waals surface area contributed by atoms with Crippen molar-refractivity contribution in [2.45, 2.75) is 51.6 Å². The molecule has 0 radical (unpaired) electrons. The summed E-state index contributed by atoms with van der Waals surface area (Å²) in [5, 5.41) is 11.5. The Balaban J connectivity index is 2.94. The smallest absolute Gasteiger partial charge is 0.255 e. The molecule has 1 aliphatic heterocycles. The van der Waals surface area contributed by atoms with Gasteiger partial charge in [-0.2, -0.15) is 0 Å². The molecule has 0 aromatic rings. The molecule has 1 saturated heterocycles. The van der Waals surface area contributed by atoms with Gasteiger partial charge >= 0.3 is 0 Å². The minimum absolute atomic E-state index is 0.115. The fourth-order valence-electron chi connectivity index (χ4n) is 2.32. The molecule has 1 rings (SSSR count). The molecule has 2 amide bonds. The summed E-state index contributed by atoms with van der Waals surface area (Å²) in [6, 6.07) is 0. The molecule has 23 heavy (non-hydrogen) atoms. The number of carbonyl (C=O) groups excluding carboxylic acids is 3. The predicted molar refractivity (Wildman–Crippen MR) is 81.5 cm³/mol. The number of aliphatic hydroxyl groups is 1. The number of rotatable bonds is 8. The number of nitrogens with zero attached hydrogens (tertiary/aromatic N) is 1. The summed E-state index contributed by atoms with van der Waals surface area (Å²) in [6.07, 6.45) is -0.759. The average molecular weight is 330 g/mol. The number of nitrogens with one attached hydrogen (secondary N) is 1. The fraction of sp³-hybridized carbons (Fsp3) is 0.800. The number of hydrogen-bond acceptors (Lipinski definition) is 6. The van der Waals surface area contributed by atoms with Crippen molar-refractivity contribution in [2.24, 2.45) is 0 Å². The third kappa shape index (κ3) is 5.26. The van der Waals surface area contributed by atoms with Crippen LogP contribution < -0.4 is 5.32 Å². The zero-order valence-corrected chi connectivity index (χ0v) is 14.1. The highest BCUT2D eigenvalue weighted by Gasteiger charge is 2.49. The van der Waals surface area contributed by atoms with Crippen LogP contribution in [0.15, 0.2) is 0 Å². The van der Waals surface area contributed by atoms with E-state index in [1.54, 1.807) is 13.8 Å². The van der Waals surface area contributed by atoms with Gasteiger partial charge in [-0.05, 0) is 20.3 Å². The highest BCUT2D eigenvalue weighted by molar-refractivity contribution is 5.94. The van der Waals surface area contributed by atoms with E-state index in [0.717, 1.165) is 12.8 Å². The van der Waals surface area contributed by atoms with Crippen molar-refractivity contribution in [2.75, 3.05) is 26.7 Å². The maximum atomic E-state index is 12.7. The third-order valence-corrected chi connectivity index (χ3v) is 3.52. The van der Waals surface area contributed by atoms with Crippen molar-refractivity contribution < 1.29 is 29.0 Å². The number of Topliss-reactive ketones (excluding diaryl/α,β-unsaturated/α-hetero) is 1. The molecule has 2 N–H and O–H groups in total. The van der Waals surface area contributed by atoms with E-state index in [1.165, 1.54) is 11.9 Å². The monoisotopic (exact) mass is 330 g/mol. The summed E-state index contributed by atoms with van der Waals surface area (Å²) in [5.74, 6) is -2.53. The molecule has 0 aliphatic carbocycles. The number of ketones is 1. The molecular weight excluding hydrogens is 304 g/mol. The van der Waals surface area contributed by atoms with Crippen molar-refractivity contribution in [3.63, 3.8) is 0 Å². The van der Waals surface area contributed by atoms with Gasteiger partial charge in [-0.3, -0.25) is 14.4 Å². The molecule has 8 heteroatoms. The quantitative estimate of drug-likeness (QED) is 0.618. The van der Waals surface area contributed by atoms with Crippen LogP contribution in [0.2, 0.25) is 0 Å². The van der Waals surface area contributed by atoms with Crippen LogP contribution in [0, 0.1) is 0 Å². The maximum Gasteiger partial charge on any atom is 0.255 e. The lowest BCUT2D eigenvalue weighted by atomic mass is 10.1. The number of aliphatic hydroxyl groups excluding tert-OH is 1. The van der Waals surface area contributed by atoms with E-state index in [1.807, 2.05) is 6.92 Å². The molecule has 0 aromatic heterocycles. The predicted octanol–water partition coefficient (Wildman–Crippen LogP) is -0.557. The van der Waals surface area contributed by atoms with Crippen LogP contribution in [-0.2, 0) is 23.9 Å². The van der Waals surface area contributed by atoms with Gasteiger partial charge in [0.1, 0.15) is 6.61 Å². The number of carbonyl (C=O) groups is 3. The van der Waals surface area contributed by atoms with E-state index in [2.05, 4.69) is 5.32 Å². The first kappa shape index (κ1) is 19.5. The van der Waals surface area contributed by atoms with Gasteiger partial charge in [0.2, 0.25) is 5.91 Å². The Kier molecular flexibility index (Phi) is 7.11. The van der Waals surface area contributed by atoms with E-state index in [-0.39, 0.29) is 12.5 Å². The van der Waals surface area contributed by atoms with Crippen LogP contribution in [0.1, 0.15) is 33.6 Å². The first-order valence-corrected chi connectivity index (χ1v) is 7.74. The Morgan fingerprint density at radius 2 is 1.83 bits per heavy atom. The summed E-state index contributed by atoms with van der Waals surface area (Å²) in [4.78, 5) is 37.5. The Labute approximate surface area is 136 Å². The van der Waals surface area contributed by atoms with Gasteiger partial charge in [0.25, 0.3) is 5.91 Å². The minimum atomic E-state index is -1.17. The molecular formula is C15H26N2O6. The van der Waals surface area contributed by atoms with Crippen molar-refractivity contribution in [3.05, 3.63) is 0 Å². The number of hydrogen-bond donors (Lipinski definition) is 2. The summed E-state index contributed by atoms with van der Waals surface area (Å²) in [5.41, 5.74) is 0. The van der Waals surface area contributed by atoms with Crippen LogP contribution >= 0.6 is 0 Å². The molecule has 0 saturated carbocycles. The zero-order valence-electron chi connectivity index (χ0n) is 14.1. The Morgan fingerprint density at radius 3 is 2.35 bits per heavy atom. The van der Waals surface area contributed by atoms with Gasteiger partial charge in [0.05, 0.1) is 6.54 Å². The van der Waals surface area contributed by atoms with Gasteiger partial charge in [-0.15, -0.1) is 0 Å². The molecule has 2 atom stereocenters. The van der Waals surface area contributed by atoms with Crippen molar-refractivity contribution >= 4 is 17.6 Å². The molecule has 1 fully saturated rings. The number of amides is 2. The molecule has 0 aromatic carbocycles. The van der Waals surface area contributed by atoms with Gasteiger partial charge < -0.3 is 24.8 Å².